The lowest BCUT2D eigenvalue weighted by atomic mass is 10.2. The Hall–Kier alpha value is -2.06. The minimum Gasteiger partial charge on any atom is -0.391 e. The van der Waals surface area contributed by atoms with Gasteiger partial charge in [-0.05, 0) is 25.0 Å². The van der Waals surface area contributed by atoms with Gasteiger partial charge in [-0.15, -0.1) is 0 Å². The Kier molecular flexibility index (Phi) is 6.01. The monoisotopic (exact) mass is 283 g/mol. The number of nitrogens with two attached hydrogens (primary N) is 2. The van der Waals surface area contributed by atoms with Crippen LogP contribution in [0, 0.1) is 0 Å². The van der Waals surface area contributed by atoms with Crippen LogP contribution in [0.1, 0.15) is 23.3 Å². The van der Waals surface area contributed by atoms with Crippen LogP contribution in [-0.2, 0) is 0 Å². The van der Waals surface area contributed by atoms with Gasteiger partial charge in [-0.3, -0.25) is 4.79 Å². The summed E-state index contributed by atoms with van der Waals surface area (Å²) in [4.78, 5) is 23.8. The summed E-state index contributed by atoms with van der Waals surface area (Å²) in [6.45, 7) is 0. The van der Waals surface area contributed by atoms with Gasteiger partial charge in [0.05, 0.1) is 12.1 Å². The van der Waals surface area contributed by atoms with E-state index < -0.39 is 12.0 Å². The molecule has 0 radical (unpaired) electrons. The number of rotatable bonds is 2. The first kappa shape index (κ1) is 16.0. The third-order valence-electron chi connectivity index (χ3n) is 2.97. The third kappa shape index (κ3) is 4.90. The molecule has 1 saturated carbocycles. The van der Waals surface area contributed by atoms with E-state index in [4.69, 9.17) is 11.5 Å². The lowest BCUT2D eigenvalue weighted by molar-refractivity contribution is 0.0996. The highest BCUT2D eigenvalue weighted by Gasteiger charge is 2.31. The Morgan fingerprint density at radius 2 is 2.15 bits per heavy atom. The number of amides is 3. The molecule has 20 heavy (non-hydrogen) atoms. The van der Waals surface area contributed by atoms with Crippen LogP contribution in [0.2, 0.25) is 0 Å². The summed E-state index contributed by atoms with van der Waals surface area (Å²) in [5.74, 6) is -0.421. The standard InChI is InChI=1S/C7H15N3O2.C5H6N2O/c1-9-7(12)10-5-2-4(8)3-6(5)11;6-5(8)4-2-1-3-7-4/h4-6,11H,2-3,8H2,1H3,(H2,9,10,12);1-3,7H,(H2,6,8)/t4?,5-,6+;/m0./s1. The van der Waals surface area contributed by atoms with Gasteiger partial charge < -0.3 is 32.2 Å². The molecule has 1 aromatic heterocycles. The Morgan fingerprint density at radius 3 is 2.50 bits per heavy atom. The van der Waals surface area contributed by atoms with Gasteiger partial charge in [-0.1, -0.05) is 0 Å². The lowest BCUT2D eigenvalue weighted by Gasteiger charge is -2.15. The molecule has 1 fully saturated rings. The van der Waals surface area contributed by atoms with Crippen LogP contribution in [0.3, 0.4) is 0 Å². The second kappa shape index (κ2) is 7.51. The summed E-state index contributed by atoms with van der Waals surface area (Å²) in [5, 5.41) is 14.4. The number of hydrogen-bond acceptors (Lipinski definition) is 4. The first-order chi connectivity index (χ1) is 9.43. The predicted molar refractivity (Wildman–Crippen MR) is 73.9 cm³/mol. The highest BCUT2D eigenvalue weighted by Crippen LogP contribution is 2.17. The normalized spacial score (nSPS) is 24.4. The zero-order valence-corrected chi connectivity index (χ0v) is 11.3. The Morgan fingerprint density at radius 1 is 1.45 bits per heavy atom. The predicted octanol–water partition coefficient (Wildman–Crippen LogP) is -1.12. The van der Waals surface area contributed by atoms with Gasteiger partial charge in [0.25, 0.3) is 5.91 Å². The van der Waals surface area contributed by atoms with Crippen molar-refractivity contribution in [3.63, 3.8) is 0 Å². The Balaban J connectivity index is 0.000000217. The molecule has 1 heterocycles. The molecule has 8 N–H and O–H groups in total. The number of carbonyl (C=O) groups is 2. The summed E-state index contributed by atoms with van der Waals surface area (Å²) >= 11 is 0. The maximum absolute atomic E-state index is 10.8. The average molecular weight is 283 g/mol. The third-order valence-corrected chi connectivity index (χ3v) is 2.97. The van der Waals surface area contributed by atoms with E-state index in [0.29, 0.717) is 18.5 Å². The van der Waals surface area contributed by atoms with Gasteiger partial charge in [0.2, 0.25) is 0 Å². The Labute approximate surface area is 116 Å². The average Bonchev–Trinajstić information content (AvgIpc) is 3.01. The second-order valence-corrected chi connectivity index (χ2v) is 4.58. The minimum absolute atomic E-state index is 0.00200. The second-order valence-electron chi connectivity index (χ2n) is 4.58. The van der Waals surface area contributed by atoms with E-state index >= 15 is 0 Å². The first-order valence-electron chi connectivity index (χ1n) is 6.29. The number of aliphatic hydroxyl groups excluding tert-OH is 1. The van der Waals surface area contributed by atoms with Crippen molar-refractivity contribution in [1.82, 2.24) is 15.6 Å². The maximum Gasteiger partial charge on any atom is 0.314 e. The van der Waals surface area contributed by atoms with Gasteiger partial charge >= 0.3 is 6.03 Å². The number of aromatic amines is 1. The highest BCUT2D eigenvalue weighted by atomic mass is 16.3. The molecule has 3 amide bonds. The summed E-state index contributed by atoms with van der Waals surface area (Å²) in [5.41, 5.74) is 10.9. The number of aromatic nitrogens is 1. The molecule has 1 aliphatic carbocycles. The molecular weight excluding hydrogens is 262 g/mol. The van der Waals surface area contributed by atoms with Crippen LogP contribution in [0.25, 0.3) is 0 Å². The fraction of sp³-hybridized carbons (Fsp3) is 0.500. The zero-order valence-electron chi connectivity index (χ0n) is 11.3. The zero-order chi connectivity index (χ0) is 15.1. The van der Waals surface area contributed by atoms with Crippen molar-refractivity contribution in [3.05, 3.63) is 24.0 Å². The molecular formula is C12H21N5O3. The molecule has 3 atom stereocenters. The van der Waals surface area contributed by atoms with Crippen molar-refractivity contribution < 1.29 is 14.7 Å². The molecule has 112 valence electrons. The van der Waals surface area contributed by atoms with Crippen molar-refractivity contribution in [2.75, 3.05) is 7.05 Å². The SMILES string of the molecule is CNC(=O)N[C@H]1CC(N)C[C@H]1O.NC(=O)c1ccc[nH]1. The van der Waals surface area contributed by atoms with Gasteiger partial charge in [0, 0.05) is 19.3 Å². The number of aliphatic hydroxyl groups is 1. The summed E-state index contributed by atoms with van der Waals surface area (Å²) in [6, 6.07) is 2.89. The smallest absolute Gasteiger partial charge is 0.314 e. The van der Waals surface area contributed by atoms with Crippen LogP contribution in [0.4, 0.5) is 4.79 Å². The molecule has 8 nitrogen and oxygen atoms in total. The van der Waals surface area contributed by atoms with E-state index in [1.54, 1.807) is 18.3 Å². The quantitative estimate of drug-likeness (QED) is 0.408. The van der Waals surface area contributed by atoms with Crippen LogP contribution in [-0.4, -0.2) is 47.3 Å². The van der Waals surface area contributed by atoms with E-state index in [9.17, 15) is 14.7 Å². The number of nitrogens with one attached hydrogen (secondary N) is 3. The van der Waals surface area contributed by atoms with E-state index in [-0.39, 0.29) is 18.1 Å². The Bertz CT molecular complexity index is 434. The summed E-state index contributed by atoms with van der Waals surface area (Å²) in [6.07, 6.45) is 2.36. The minimum atomic E-state index is -0.503. The lowest BCUT2D eigenvalue weighted by Crippen LogP contribution is -2.44. The largest absolute Gasteiger partial charge is 0.391 e. The number of hydrogen-bond donors (Lipinski definition) is 6. The van der Waals surface area contributed by atoms with Crippen LogP contribution in [0.15, 0.2) is 18.3 Å². The molecule has 1 aliphatic rings. The van der Waals surface area contributed by atoms with Crippen molar-refractivity contribution in [3.8, 4) is 0 Å². The van der Waals surface area contributed by atoms with Crippen molar-refractivity contribution in [1.29, 1.82) is 0 Å². The highest BCUT2D eigenvalue weighted by molar-refractivity contribution is 5.90. The van der Waals surface area contributed by atoms with Gasteiger partial charge in [-0.2, -0.15) is 0 Å². The number of primary amides is 1. The van der Waals surface area contributed by atoms with E-state index in [1.165, 1.54) is 7.05 Å². The van der Waals surface area contributed by atoms with E-state index in [0.717, 1.165) is 0 Å². The van der Waals surface area contributed by atoms with Gasteiger partial charge in [-0.25, -0.2) is 4.79 Å². The van der Waals surface area contributed by atoms with E-state index in [2.05, 4.69) is 15.6 Å². The number of H-pyrrole nitrogens is 1. The fourth-order valence-electron chi connectivity index (χ4n) is 1.93. The first-order valence-corrected chi connectivity index (χ1v) is 6.29. The summed E-state index contributed by atoms with van der Waals surface area (Å²) < 4.78 is 0. The van der Waals surface area contributed by atoms with Crippen LogP contribution in [0.5, 0.6) is 0 Å². The molecule has 0 saturated heterocycles. The maximum atomic E-state index is 10.8. The van der Waals surface area contributed by atoms with Gasteiger partial charge in [0.1, 0.15) is 5.69 Å². The number of urea groups is 1. The van der Waals surface area contributed by atoms with Crippen LogP contribution < -0.4 is 22.1 Å². The van der Waals surface area contributed by atoms with Crippen molar-refractivity contribution >= 4 is 11.9 Å². The molecule has 1 aromatic rings. The van der Waals surface area contributed by atoms with Crippen LogP contribution >= 0.6 is 0 Å². The molecule has 0 spiro atoms. The van der Waals surface area contributed by atoms with Gasteiger partial charge in [0.15, 0.2) is 0 Å². The molecule has 0 bridgehead atoms. The fourth-order valence-corrected chi connectivity index (χ4v) is 1.93. The molecule has 0 aliphatic heterocycles. The molecule has 8 heteroatoms. The van der Waals surface area contributed by atoms with Crippen molar-refractivity contribution in [2.45, 2.75) is 31.0 Å². The molecule has 0 aromatic carbocycles. The number of carbonyl (C=O) groups excluding carboxylic acids is 2. The topological polar surface area (TPSA) is 146 Å². The van der Waals surface area contributed by atoms with Crippen molar-refractivity contribution in [2.24, 2.45) is 11.5 Å². The molecule has 1 unspecified atom stereocenters. The summed E-state index contributed by atoms with van der Waals surface area (Å²) in [7, 11) is 1.54. The molecule has 2 rings (SSSR count). The van der Waals surface area contributed by atoms with E-state index in [1.807, 2.05) is 0 Å².